The van der Waals surface area contributed by atoms with Crippen molar-refractivity contribution in [3.05, 3.63) is 83.7 Å². The number of hydrogen-bond acceptors (Lipinski definition) is 4. The van der Waals surface area contributed by atoms with E-state index in [9.17, 15) is 4.79 Å². The average molecular weight is 361 g/mol. The topological polar surface area (TPSA) is 63.2 Å². The number of amides is 1. The molecule has 0 bridgehead atoms. The Morgan fingerprint density at radius 2 is 1.67 bits per heavy atom. The maximum absolute atomic E-state index is 12.3. The summed E-state index contributed by atoms with van der Waals surface area (Å²) in [5, 5.41) is 6.17. The van der Waals surface area contributed by atoms with Gasteiger partial charge in [0.05, 0.1) is 19.0 Å². The fourth-order valence-electron chi connectivity index (χ4n) is 2.61. The number of carbonyl (C=O) groups excluding carboxylic acids is 1. The van der Waals surface area contributed by atoms with E-state index in [2.05, 4.69) is 27.8 Å². The number of nitrogens with zero attached hydrogens (tertiary/aromatic N) is 1. The first kappa shape index (κ1) is 18.5. The molecule has 0 radical (unpaired) electrons. The van der Waals surface area contributed by atoms with Gasteiger partial charge in [-0.15, -0.1) is 0 Å². The van der Waals surface area contributed by atoms with Gasteiger partial charge in [0.25, 0.3) is 5.91 Å². The van der Waals surface area contributed by atoms with Crippen molar-refractivity contribution in [1.82, 2.24) is 4.98 Å². The van der Waals surface area contributed by atoms with E-state index in [1.807, 2.05) is 49.4 Å². The zero-order chi connectivity index (χ0) is 19.1. The molecule has 0 aliphatic heterocycles. The number of carbonyl (C=O) groups is 1. The van der Waals surface area contributed by atoms with Crippen molar-refractivity contribution < 1.29 is 9.53 Å². The van der Waals surface area contributed by atoms with Crippen LogP contribution in [0.1, 0.15) is 21.6 Å². The second-order valence-electron chi connectivity index (χ2n) is 6.28. The molecule has 3 aromatic rings. The van der Waals surface area contributed by atoms with Gasteiger partial charge < -0.3 is 15.4 Å². The maximum atomic E-state index is 12.3. The molecular formula is C22H23N3O2. The summed E-state index contributed by atoms with van der Waals surface area (Å²) < 4.78 is 5.16. The molecular weight excluding hydrogens is 338 g/mol. The number of benzene rings is 2. The first-order valence-corrected chi connectivity index (χ1v) is 8.85. The third-order valence-electron chi connectivity index (χ3n) is 4.21. The van der Waals surface area contributed by atoms with E-state index >= 15 is 0 Å². The van der Waals surface area contributed by atoms with Crippen molar-refractivity contribution in [2.45, 2.75) is 13.3 Å². The molecule has 3 rings (SSSR count). The zero-order valence-corrected chi connectivity index (χ0v) is 15.5. The number of ether oxygens (including phenoxy) is 1. The number of pyridine rings is 1. The van der Waals surface area contributed by atoms with Crippen LogP contribution in [0.5, 0.6) is 5.75 Å². The van der Waals surface area contributed by atoms with Gasteiger partial charge in [0.15, 0.2) is 0 Å². The fourth-order valence-corrected chi connectivity index (χ4v) is 2.61. The van der Waals surface area contributed by atoms with Gasteiger partial charge in [-0.2, -0.15) is 0 Å². The average Bonchev–Trinajstić information content (AvgIpc) is 2.71. The van der Waals surface area contributed by atoms with Crippen molar-refractivity contribution in [2.24, 2.45) is 0 Å². The van der Waals surface area contributed by atoms with E-state index in [0.29, 0.717) is 5.69 Å². The molecule has 0 saturated heterocycles. The molecule has 1 amide bonds. The molecule has 0 spiro atoms. The minimum absolute atomic E-state index is 0.219. The Hall–Kier alpha value is -3.34. The van der Waals surface area contributed by atoms with Gasteiger partial charge >= 0.3 is 0 Å². The van der Waals surface area contributed by atoms with Crippen LogP contribution in [0.2, 0.25) is 0 Å². The summed E-state index contributed by atoms with van der Waals surface area (Å²) in [7, 11) is 1.66. The Morgan fingerprint density at radius 1 is 0.963 bits per heavy atom. The summed E-state index contributed by atoms with van der Waals surface area (Å²) in [4.78, 5) is 16.5. The summed E-state index contributed by atoms with van der Waals surface area (Å²) in [5.74, 6) is 0.638. The molecule has 1 heterocycles. The van der Waals surface area contributed by atoms with E-state index in [1.165, 1.54) is 5.56 Å². The molecule has 0 atom stereocenters. The van der Waals surface area contributed by atoms with Gasteiger partial charge in [0.2, 0.25) is 0 Å². The Morgan fingerprint density at radius 3 is 2.30 bits per heavy atom. The van der Waals surface area contributed by atoms with Crippen LogP contribution in [0, 0.1) is 6.92 Å². The Labute approximate surface area is 159 Å². The van der Waals surface area contributed by atoms with Crippen LogP contribution in [0.25, 0.3) is 0 Å². The first-order valence-electron chi connectivity index (χ1n) is 8.85. The van der Waals surface area contributed by atoms with Crippen LogP contribution in [0.15, 0.2) is 66.9 Å². The molecule has 0 aliphatic rings. The van der Waals surface area contributed by atoms with Crippen LogP contribution in [0.3, 0.4) is 0 Å². The number of rotatable bonds is 7. The Balaban J connectivity index is 1.50. The largest absolute Gasteiger partial charge is 0.497 e. The number of nitrogens with one attached hydrogen (secondary N) is 2. The standard InChI is InChI=1S/C22H23N3O2/c1-16-3-7-18(8-4-16)25-22(26)21-12-9-19(15-24-21)23-14-13-17-5-10-20(27-2)11-6-17/h3-12,15,23H,13-14H2,1-2H3,(H,25,26). The summed E-state index contributed by atoms with van der Waals surface area (Å²) in [6, 6.07) is 19.3. The van der Waals surface area contributed by atoms with Gasteiger partial charge in [-0.05, 0) is 55.3 Å². The zero-order valence-electron chi connectivity index (χ0n) is 15.5. The van der Waals surface area contributed by atoms with Gasteiger partial charge in [-0.1, -0.05) is 29.8 Å². The second kappa shape index (κ2) is 8.85. The molecule has 0 fully saturated rings. The summed E-state index contributed by atoms with van der Waals surface area (Å²) in [6.45, 7) is 2.79. The molecule has 2 N–H and O–H groups in total. The van der Waals surface area contributed by atoms with E-state index in [0.717, 1.165) is 35.7 Å². The third-order valence-corrected chi connectivity index (χ3v) is 4.21. The lowest BCUT2D eigenvalue weighted by Crippen LogP contribution is -2.14. The maximum Gasteiger partial charge on any atom is 0.274 e. The highest BCUT2D eigenvalue weighted by Crippen LogP contribution is 2.13. The normalized spacial score (nSPS) is 10.3. The molecule has 1 aromatic heterocycles. The molecule has 27 heavy (non-hydrogen) atoms. The molecule has 138 valence electrons. The highest BCUT2D eigenvalue weighted by atomic mass is 16.5. The van der Waals surface area contributed by atoms with Crippen molar-refractivity contribution in [1.29, 1.82) is 0 Å². The highest BCUT2D eigenvalue weighted by molar-refractivity contribution is 6.02. The van der Waals surface area contributed by atoms with Crippen LogP contribution < -0.4 is 15.4 Å². The lowest BCUT2D eigenvalue weighted by Gasteiger charge is -2.08. The predicted molar refractivity (Wildman–Crippen MR) is 109 cm³/mol. The first-order chi connectivity index (χ1) is 13.1. The summed E-state index contributed by atoms with van der Waals surface area (Å²) in [5.41, 5.74) is 4.40. The molecule has 2 aromatic carbocycles. The number of hydrogen-bond donors (Lipinski definition) is 2. The smallest absolute Gasteiger partial charge is 0.274 e. The minimum atomic E-state index is -0.219. The number of methoxy groups -OCH3 is 1. The SMILES string of the molecule is COc1ccc(CCNc2ccc(C(=O)Nc3ccc(C)cc3)nc2)cc1. The minimum Gasteiger partial charge on any atom is -0.497 e. The van der Waals surface area contributed by atoms with Crippen LogP contribution >= 0.6 is 0 Å². The van der Waals surface area contributed by atoms with Crippen LogP contribution in [-0.2, 0) is 6.42 Å². The fraction of sp³-hybridized carbons (Fsp3) is 0.182. The molecule has 5 heteroatoms. The molecule has 0 saturated carbocycles. The number of anilines is 2. The van der Waals surface area contributed by atoms with Crippen molar-refractivity contribution >= 4 is 17.3 Å². The van der Waals surface area contributed by atoms with Crippen molar-refractivity contribution in [2.75, 3.05) is 24.3 Å². The third kappa shape index (κ3) is 5.31. The molecule has 0 aliphatic carbocycles. The lowest BCUT2D eigenvalue weighted by atomic mass is 10.1. The molecule has 0 unspecified atom stereocenters. The van der Waals surface area contributed by atoms with Crippen LogP contribution in [-0.4, -0.2) is 24.5 Å². The van der Waals surface area contributed by atoms with Gasteiger partial charge in [0.1, 0.15) is 11.4 Å². The highest BCUT2D eigenvalue weighted by Gasteiger charge is 2.07. The predicted octanol–water partition coefficient (Wildman–Crippen LogP) is 4.31. The van der Waals surface area contributed by atoms with E-state index in [4.69, 9.17) is 4.74 Å². The lowest BCUT2D eigenvalue weighted by molar-refractivity contribution is 0.102. The quantitative estimate of drug-likeness (QED) is 0.658. The van der Waals surface area contributed by atoms with E-state index in [1.54, 1.807) is 19.4 Å². The van der Waals surface area contributed by atoms with Gasteiger partial charge in [-0.25, -0.2) is 4.98 Å². The van der Waals surface area contributed by atoms with Crippen molar-refractivity contribution in [3.8, 4) is 5.75 Å². The number of aromatic nitrogens is 1. The summed E-state index contributed by atoms with van der Waals surface area (Å²) in [6.07, 6.45) is 2.57. The van der Waals surface area contributed by atoms with Gasteiger partial charge in [-0.3, -0.25) is 4.79 Å². The Kier molecular flexibility index (Phi) is 6.05. The van der Waals surface area contributed by atoms with E-state index in [-0.39, 0.29) is 5.91 Å². The van der Waals surface area contributed by atoms with Gasteiger partial charge in [0, 0.05) is 12.2 Å². The number of aryl methyl sites for hydroxylation is 1. The second-order valence-corrected chi connectivity index (χ2v) is 6.28. The van der Waals surface area contributed by atoms with Crippen LogP contribution in [0.4, 0.5) is 11.4 Å². The van der Waals surface area contributed by atoms with Crippen molar-refractivity contribution in [3.63, 3.8) is 0 Å². The molecule has 5 nitrogen and oxygen atoms in total. The Bertz CT molecular complexity index is 873. The monoisotopic (exact) mass is 361 g/mol. The van der Waals surface area contributed by atoms with E-state index < -0.39 is 0 Å². The summed E-state index contributed by atoms with van der Waals surface area (Å²) >= 11 is 0.